The molecule has 4 aromatic rings. The monoisotopic (exact) mass is 382 g/mol. The van der Waals surface area contributed by atoms with Crippen molar-refractivity contribution in [2.24, 2.45) is 5.10 Å². The van der Waals surface area contributed by atoms with Crippen LogP contribution in [0.4, 0.5) is 5.69 Å². The lowest BCUT2D eigenvalue weighted by Crippen LogP contribution is -2.25. The first-order valence-corrected chi connectivity index (χ1v) is 9.48. The third-order valence-electron chi connectivity index (χ3n) is 4.77. The minimum Gasteiger partial charge on any atom is -0.376 e. The molecule has 0 saturated heterocycles. The van der Waals surface area contributed by atoms with Crippen LogP contribution in [-0.2, 0) is 11.3 Å². The summed E-state index contributed by atoms with van der Waals surface area (Å²) in [6.45, 7) is 4.66. The van der Waals surface area contributed by atoms with Crippen LogP contribution in [0.1, 0.15) is 5.56 Å². The molecule has 5 heteroatoms. The first kappa shape index (κ1) is 18.5. The normalized spacial score (nSPS) is 11.2. The summed E-state index contributed by atoms with van der Waals surface area (Å²) < 4.78 is 2.10. The van der Waals surface area contributed by atoms with E-state index in [1.54, 1.807) is 6.21 Å². The van der Waals surface area contributed by atoms with Gasteiger partial charge >= 0.3 is 0 Å². The minimum atomic E-state index is -0.205. The van der Waals surface area contributed by atoms with Crippen molar-refractivity contribution in [3.63, 3.8) is 0 Å². The highest BCUT2D eigenvalue weighted by Crippen LogP contribution is 2.22. The van der Waals surface area contributed by atoms with Crippen LogP contribution in [0, 0.1) is 0 Å². The Balaban J connectivity index is 1.41. The second kappa shape index (κ2) is 8.44. The van der Waals surface area contributed by atoms with Crippen LogP contribution in [0.2, 0.25) is 0 Å². The second-order valence-electron chi connectivity index (χ2n) is 6.72. The topological polar surface area (TPSA) is 58.4 Å². The first-order valence-electron chi connectivity index (χ1n) is 9.48. The molecule has 1 amide bonds. The molecule has 2 N–H and O–H groups in total. The van der Waals surface area contributed by atoms with Crippen molar-refractivity contribution in [2.45, 2.75) is 6.54 Å². The van der Waals surface area contributed by atoms with Crippen LogP contribution in [-0.4, -0.2) is 23.2 Å². The van der Waals surface area contributed by atoms with E-state index in [2.05, 4.69) is 33.1 Å². The summed E-state index contributed by atoms with van der Waals surface area (Å²) in [6, 6.07) is 22.2. The molecule has 0 spiro atoms. The van der Waals surface area contributed by atoms with E-state index in [-0.39, 0.29) is 12.5 Å². The fraction of sp³-hybridized carbons (Fsp3) is 0.0833. The number of hydrazone groups is 1. The third kappa shape index (κ3) is 4.04. The summed E-state index contributed by atoms with van der Waals surface area (Å²) in [5.41, 5.74) is 5.58. The lowest BCUT2D eigenvalue weighted by molar-refractivity contribution is -0.119. The fourth-order valence-corrected chi connectivity index (χ4v) is 3.44. The third-order valence-corrected chi connectivity index (χ3v) is 4.77. The van der Waals surface area contributed by atoms with E-state index in [1.165, 1.54) is 0 Å². The van der Waals surface area contributed by atoms with Crippen LogP contribution >= 0.6 is 0 Å². The fourth-order valence-electron chi connectivity index (χ4n) is 3.44. The number of carbonyl (C=O) groups excluding carboxylic acids is 1. The predicted octanol–water partition coefficient (Wildman–Crippen LogP) is 4.54. The van der Waals surface area contributed by atoms with E-state index >= 15 is 0 Å². The Hall–Kier alpha value is -3.86. The van der Waals surface area contributed by atoms with Crippen molar-refractivity contribution < 1.29 is 4.79 Å². The summed E-state index contributed by atoms with van der Waals surface area (Å²) >= 11 is 0. The van der Waals surface area contributed by atoms with Crippen LogP contribution in [0.3, 0.4) is 0 Å². The molecule has 0 bridgehead atoms. The smallest absolute Gasteiger partial charge is 0.259 e. The van der Waals surface area contributed by atoms with Crippen molar-refractivity contribution in [1.29, 1.82) is 0 Å². The van der Waals surface area contributed by atoms with Crippen LogP contribution in [0.25, 0.3) is 21.7 Å². The Labute approximate surface area is 169 Å². The average Bonchev–Trinajstić information content (AvgIpc) is 3.10. The number of allylic oxidation sites excluding steroid dienone is 1. The summed E-state index contributed by atoms with van der Waals surface area (Å²) in [4.78, 5) is 12.2. The van der Waals surface area contributed by atoms with Crippen LogP contribution < -0.4 is 10.7 Å². The van der Waals surface area contributed by atoms with Gasteiger partial charge < -0.3 is 9.88 Å². The average molecular weight is 382 g/mol. The van der Waals surface area contributed by atoms with E-state index in [0.717, 1.165) is 39.5 Å². The van der Waals surface area contributed by atoms with Gasteiger partial charge in [0.1, 0.15) is 0 Å². The predicted molar refractivity (Wildman–Crippen MR) is 120 cm³/mol. The maximum atomic E-state index is 12.2. The molecule has 144 valence electrons. The largest absolute Gasteiger partial charge is 0.376 e. The maximum Gasteiger partial charge on any atom is 0.259 e. The van der Waals surface area contributed by atoms with Gasteiger partial charge in [-0.05, 0) is 17.5 Å². The van der Waals surface area contributed by atoms with E-state index in [4.69, 9.17) is 0 Å². The lowest BCUT2D eigenvalue weighted by atomic mass is 10.1. The number of aromatic nitrogens is 1. The molecule has 0 unspecified atom stereocenters. The number of fused-ring (bicyclic) bond motifs is 2. The highest BCUT2D eigenvalue weighted by Gasteiger charge is 2.06. The summed E-state index contributed by atoms with van der Waals surface area (Å²) in [6.07, 6.45) is 5.54. The van der Waals surface area contributed by atoms with Gasteiger partial charge in [0.25, 0.3) is 5.91 Å². The number of anilines is 1. The van der Waals surface area contributed by atoms with Crippen LogP contribution in [0.5, 0.6) is 0 Å². The van der Waals surface area contributed by atoms with Crippen molar-refractivity contribution >= 4 is 39.5 Å². The molecule has 1 heterocycles. The number of carbonyl (C=O) groups is 1. The molecule has 5 nitrogen and oxygen atoms in total. The Morgan fingerprint density at radius 2 is 1.76 bits per heavy atom. The zero-order chi connectivity index (χ0) is 20.1. The van der Waals surface area contributed by atoms with Gasteiger partial charge in [-0.3, -0.25) is 4.79 Å². The molecule has 3 aromatic carbocycles. The highest BCUT2D eigenvalue weighted by molar-refractivity contribution is 6.00. The number of hydrogen-bond donors (Lipinski definition) is 2. The molecule has 29 heavy (non-hydrogen) atoms. The summed E-state index contributed by atoms with van der Waals surface area (Å²) in [5, 5.41) is 10.6. The summed E-state index contributed by atoms with van der Waals surface area (Å²) in [7, 11) is 0. The van der Waals surface area contributed by atoms with Gasteiger partial charge in [0.2, 0.25) is 0 Å². The quantitative estimate of drug-likeness (QED) is 0.280. The van der Waals surface area contributed by atoms with Crippen molar-refractivity contribution in [3.05, 3.63) is 91.1 Å². The van der Waals surface area contributed by atoms with Gasteiger partial charge in [-0.25, -0.2) is 5.43 Å². The van der Waals surface area contributed by atoms with Gasteiger partial charge in [0, 0.05) is 40.3 Å². The molecular weight excluding hydrogens is 360 g/mol. The second-order valence-corrected chi connectivity index (χ2v) is 6.72. The van der Waals surface area contributed by atoms with Crippen molar-refractivity contribution in [3.8, 4) is 0 Å². The minimum absolute atomic E-state index is 0.142. The molecule has 0 atom stereocenters. The molecular formula is C24H22N4O. The number of hydrogen-bond acceptors (Lipinski definition) is 3. The van der Waals surface area contributed by atoms with Crippen LogP contribution in [0.15, 0.2) is 90.7 Å². The zero-order valence-corrected chi connectivity index (χ0v) is 16.0. The van der Waals surface area contributed by atoms with E-state index in [1.807, 2.05) is 72.9 Å². The molecule has 0 saturated carbocycles. The molecule has 0 radical (unpaired) electrons. The zero-order valence-electron chi connectivity index (χ0n) is 16.0. The van der Waals surface area contributed by atoms with Gasteiger partial charge in [0.05, 0.1) is 12.8 Å². The number of amides is 1. The number of nitrogens with one attached hydrogen (secondary N) is 2. The Kier molecular flexibility index (Phi) is 5.38. The molecule has 0 fully saturated rings. The van der Waals surface area contributed by atoms with E-state index in [9.17, 15) is 4.79 Å². The SMILES string of the molecule is C=CCn1cc(/C=N\NC(=O)CNc2cccc3ccccc23)c2ccccc21. The number of benzene rings is 3. The Morgan fingerprint density at radius 1 is 1.00 bits per heavy atom. The lowest BCUT2D eigenvalue weighted by Gasteiger charge is -2.08. The number of rotatable bonds is 7. The molecule has 0 aliphatic rings. The number of nitrogens with zero attached hydrogens (tertiary/aromatic N) is 2. The first-order chi connectivity index (χ1) is 14.3. The van der Waals surface area contributed by atoms with E-state index in [0.29, 0.717) is 0 Å². The molecule has 0 aliphatic carbocycles. The number of para-hydroxylation sites is 1. The van der Waals surface area contributed by atoms with Gasteiger partial charge in [-0.1, -0.05) is 60.7 Å². The van der Waals surface area contributed by atoms with E-state index < -0.39 is 0 Å². The van der Waals surface area contributed by atoms with Gasteiger partial charge in [-0.15, -0.1) is 6.58 Å². The molecule has 1 aromatic heterocycles. The van der Waals surface area contributed by atoms with Crippen molar-refractivity contribution in [2.75, 3.05) is 11.9 Å². The van der Waals surface area contributed by atoms with Crippen molar-refractivity contribution in [1.82, 2.24) is 9.99 Å². The Bertz CT molecular complexity index is 1200. The molecule has 0 aliphatic heterocycles. The highest BCUT2D eigenvalue weighted by atomic mass is 16.2. The maximum absolute atomic E-state index is 12.2. The standard InChI is InChI=1S/C24H22N4O/c1-2-14-28-17-19(21-11-5-6-13-23(21)28)15-26-27-24(29)16-25-22-12-7-9-18-8-3-4-10-20(18)22/h2-13,15,17,25H,1,14,16H2,(H,27,29)/b26-15-. The molecule has 4 rings (SSSR count). The van der Waals surface area contributed by atoms with Gasteiger partial charge in [0.15, 0.2) is 0 Å². The summed E-state index contributed by atoms with van der Waals surface area (Å²) in [5.74, 6) is -0.205. The Morgan fingerprint density at radius 3 is 2.62 bits per heavy atom. The van der Waals surface area contributed by atoms with Gasteiger partial charge in [-0.2, -0.15) is 5.10 Å².